The topological polar surface area (TPSA) is 80.8 Å². The summed E-state index contributed by atoms with van der Waals surface area (Å²) in [5.74, 6) is 0.746. The number of aliphatic imine (C=N–C) groups is 1. The summed E-state index contributed by atoms with van der Waals surface area (Å²) in [5.41, 5.74) is 7.28. The number of hydrogen-bond donors (Lipinski definition) is 1. The van der Waals surface area contributed by atoms with Gasteiger partial charge in [-0.2, -0.15) is 0 Å². The Balaban J connectivity index is 1.91. The summed E-state index contributed by atoms with van der Waals surface area (Å²) in [6, 6.07) is 7.61. The van der Waals surface area contributed by atoms with Gasteiger partial charge in [-0.3, -0.25) is 14.7 Å². The van der Waals surface area contributed by atoms with Gasteiger partial charge in [-0.15, -0.1) is 0 Å². The highest BCUT2D eigenvalue weighted by Gasteiger charge is 2.55. The Labute approximate surface area is 169 Å². The van der Waals surface area contributed by atoms with E-state index in [0.29, 0.717) is 17.2 Å². The predicted molar refractivity (Wildman–Crippen MR) is 109 cm³/mol. The van der Waals surface area contributed by atoms with Crippen LogP contribution in [0.5, 0.6) is 5.75 Å². The number of halogens is 1. The fourth-order valence-electron chi connectivity index (χ4n) is 3.77. The molecule has 0 fully saturated rings. The lowest BCUT2D eigenvalue weighted by Crippen LogP contribution is -2.48. The Kier molecular flexibility index (Phi) is 4.16. The van der Waals surface area contributed by atoms with Crippen LogP contribution in [0.25, 0.3) is 11.1 Å². The van der Waals surface area contributed by atoms with Gasteiger partial charge < -0.3 is 10.5 Å². The summed E-state index contributed by atoms with van der Waals surface area (Å²) in [5, 5.41) is 0.549. The molecule has 146 valence electrons. The summed E-state index contributed by atoms with van der Waals surface area (Å²) >= 11 is 6.10. The molecule has 4 rings (SSSR count). The number of nitrogens with zero attached hydrogens (tertiary/aromatic N) is 3. The zero-order chi connectivity index (χ0) is 20.3. The van der Waals surface area contributed by atoms with Gasteiger partial charge in [0.05, 0.1) is 5.02 Å². The molecular weight excluding hydrogens is 376 g/mol. The van der Waals surface area contributed by atoms with Gasteiger partial charge in [0.15, 0.2) is 11.5 Å². The minimum atomic E-state index is -1.08. The number of aromatic nitrogens is 1. The van der Waals surface area contributed by atoms with Crippen LogP contribution in [0.4, 0.5) is 0 Å². The molecule has 2 aliphatic rings. The van der Waals surface area contributed by atoms with Gasteiger partial charge in [-0.25, -0.2) is 4.99 Å². The largest absolute Gasteiger partial charge is 0.489 e. The number of pyridine rings is 1. The molecule has 1 amide bonds. The molecule has 0 saturated carbocycles. The van der Waals surface area contributed by atoms with E-state index in [4.69, 9.17) is 22.1 Å². The van der Waals surface area contributed by atoms with E-state index in [9.17, 15) is 4.79 Å². The average molecular weight is 399 g/mol. The summed E-state index contributed by atoms with van der Waals surface area (Å²) < 4.78 is 6.29. The molecular formula is C21H23ClN4O2. The van der Waals surface area contributed by atoms with Crippen LogP contribution >= 0.6 is 11.6 Å². The molecule has 3 heterocycles. The van der Waals surface area contributed by atoms with Crippen LogP contribution in [-0.4, -0.2) is 34.9 Å². The third-order valence-corrected chi connectivity index (χ3v) is 5.69. The van der Waals surface area contributed by atoms with Gasteiger partial charge >= 0.3 is 0 Å². The molecule has 1 spiro atoms. The van der Waals surface area contributed by atoms with E-state index in [-0.39, 0.29) is 23.4 Å². The van der Waals surface area contributed by atoms with E-state index in [1.807, 2.05) is 24.3 Å². The molecule has 0 saturated heterocycles. The minimum Gasteiger partial charge on any atom is -0.489 e. The average Bonchev–Trinajstić information content (AvgIpc) is 2.85. The zero-order valence-corrected chi connectivity index (χ0v) is 17.1. The van der Waals surface area contributed by atoms with Crippen molar-refractivity contribution in [1.82, 2.24) is 9.88 Å². The monoisotopic (exact) mass is 398 g/mol. The van der Waals surface area contributed by atoms with Gasteiger partial charge in [0.2, 0.25) is 0 Å². The van der Waals surface area contributed by atoms with Crippen molar-refractivity contribution >= 4 is 23.5 Å². The van der Waals surface area contributed by atoms with Crippen molar-refractivity contribution in [3.05, 3.63) is 47.2 Å². The second-order valence-corrected chi connectivity index (χ2v) is 8.91. The smallest absolute Gasteiger partial charge is 0.261 e. The summed E-state index contributed by atoms with van der Waals surface area (Å²) in [6.07, 6.45) is 3.58. The van der Waals surface area contributed by atoms with Gasteiger partial charge in [0.25, 0.3) is 5.91 Å². The number of benzene rings is 1. The van der Waals surface area contributed by atoms with Gasteiger partial charge in [0.1, 0.15) is 11.9 Å². The van der Waals surface area contributed by atoms with Gasteiger partial charge in [-0.1, -0.05) is 38.4 Å². The highest BCUT2D eigenvalue weighted by Crippen LogP contribution is 2.49. The normalized spacial score (nSPS) is 24.2. The van der Waals surface area contributed by atoms with Crippen LogP contribution in [-0.2, 0) is 10.3 Å². The maximum atomic E-state index is 13.3. The summed E-state index contributed by atoms with van der Waals surface area (Å²) in [4.78, 5) is 23.5. The molecule has 28 heavy (non-hydrogen) atoms. The van der Waals surface area contributed by atoms with Gasteiger partial charge in [-0.05, 0) is 29.2 Å². The first-order valence-corrected chi connectivity index (χ1v) is 9.55. The number of fused-ring (bicyclic) bond motifs is 2. The molecule has 2 N–H and O–H groups in total. The Hall–Kier alpha value is -2.60. The molecule has 7 heteroatoms. The van der Waals surface area contributed by atoms with Crippen molar-refractivity contribution in [2.45, 2.75) is 38.8 Å². The van der Waals surface area contributed by atoms with Crippen LogP contribution < -0.4 is 10.5 Å². The third kappa shape index (κ3) is 2.83. The van der Waals surface area contributed by atoms with Crippen LogP contribution in [0.2, 0.25) is 5.02 Å². The Bertz CT molecular complexity index is 998. The summed E-state index contributed by atoms with van der Waals surface area (Å²) in [6.45, 7) is 6.29. The number of carbonyl (C=O) groups is 1. The van der Waals surface area contributed by atoms with Crippen molar-refractivity contribution in [2.75, 3.05) is 7.05 Å². The number of amides is 1. The van der Waals surface area contributed by atoms with E-state index in [1.165, 1.54) is 4.90 Å². The first kappa shape index (κ1) is 18.7. The van der Waals surface area contributed by atoms with Crippen molar-refractivity contribution < 1.29 is 9.53 Å². The lowest BCUT2D eigenvalue weighted by Gasteiger charge is -2.42. The molecule has 0 radical (unpaired) electrons. The predicted octanol–water partition coefficient (Wildman–Crippen LogP) is 3.58. The van der Waals surface area contributed by atoms with Crippen molar-refractivity contribution in [3.8, 4) is 16.9 Å². The molecule has 1 aromatic heterocycles. The van der Waals surface area contributed by atoms with E-state index >= 15 is 0 Å². The molecule has 2 aromatic rings. The van der Waals surface area contributed by atoms with Crippen LogP contribution in [0.15, 0.2) is 41.7 Å². The van der Waals surface area contributed by atoms with Crippen molar-refractivity contribution in [2.24, 2.45) is 16.1 Å². The number of hydrogen-bond acceptors (Lipinski definition) is 5. The van der Waals surface area contributed by atoms with Gasteiger partial charge in [0, 0.05) is 37.0 Å². The number of guanidine groups is 1. The zero-order valence-electron chi connectivity index (χ0n) is 16.4. The first-order chi connectivity index (χ1) is 13.1. The maximum Gasteiger partial charge on any atom is 0.261 e. The van der Waals surface area contributed by atoms with E-state index in [2.05, 4.69) is 30.7 Å². The molecule has 2 aliphatic heterocycles. The highest BCUT2D eigenvalue weighted by molar-refractivity contribution is 6.30. The van der Waals surface area contributed by atoms with Crippen LogP contribution in [0.1, 0.15) is 32.8 Å². The van der Waals surface area contributed by atoms with Crippen LogP contribution in [0, 0.1) is 5.41 Å². The fourth-order valence-corrected chi connectivity index (χ4v) is 3.94. The number of carbonyl (C=O) groups excluding carboxylic acids is 1. The van der Waals surface area contributed by atoms with E-state index in [0.717, 1.165) is 16.7 Å². The molecule has 0 aliphatic carbocycles. The van der Waals surface area contributed by atoms with Crippen molar-refractivity contribution in [1.29, 1.82) is 0 Å². The highest BCUT2D eigenvalue weighted by atomic mass is 35.5. The lowest BCUT2D eigenvalue weighted by atomic mass is 9.74. The molecule has 2 atom stereocenters. The molecule has 6 nitrogen and oxygen atoms in total. The van der Waals surface area contributed by atoms with E-state index < -0.39 is 5.54 Å². The number of rotatable bonds is 1. The second kappa shape index (κ2) is 6.21. The molecule has 0 bridgehead atoms. The minimum absolute atomic E-state index is 0.134. The SMILES string of the molecule is CN1C(=O)C2(C[C@H](C(C)(C)C)Oc3ccc(-c4cncc(Cl)c4)cc32)N=C1N. The number of likely N-dealkylation sites (N-methyl/N-ethyl adjacent to an activating group) is 1. The molecule has 1 unspecified atom stereocenters. The maximum absolute atomic E-state index is 13.3. The standard InChI is InChI=1S/C21H23ClN4O2/c1-20(2,3)17-9-21(18(27)26(4)19(23)25-21)15-8-12(5-6-16(15)28-17)13-7-14(22)11-24-10-13/h5-8,10-11,17H,9H2,1-4H3,(H2,23,25)/t17-,21?/m1/s1. The van der Waals surface area contributed by atoms with E-state index in [1.54, 1.807) is 19.4 Å². The lowest BCUT2D eigenvalue weighted by molar-refractivity contribution is -0.133. The Morgan fingerprint density at radius 1 is 1.25 bits per heavy atom. The van der Waals surface area contributed by atoms with Crippen LogP contribution in [0.3, 0.4) is 0 Å². The van der Waals surface area contributed by atoms with Crippen molar-refractivity contribution in [3.63, 3.8) is 0 Å². The quantitative estimate of drug-likeness (QED) is 0.796. The Morgan fingerprint density at radius 3 is 2.61 bits per heavy atom. The first-order valence-electron chi connectivity index (χ1n) is 9.17. The molecule has 1 aromatic carbocycles. The summed E-state index contributed by atoms with van der Waals surface area (Å²) in [7, 11) is 1.65. The fraction of sp³-hybridized carbons (Fsp3) is 0.381. The second-order valence-electron chi connectivity index (χ2n) is 8.47. The third-order valence-electron chi connectivity index (χ3n) is 5.49. The Morgan fingerprint density at radius 2 is 2.00 bits per heavy atom. The number of nitrogens with two attached hydrogens (primary N) is 1. The number of ether oxygens (including phenoxy) is 1.